The van der Waals surface area contributed by atoms with Crippen LogP contribution >= 0.6 is 10.7 Å². The molecule has 1 aliphatic rings. The molecule has 1 aromatic carbocycles. The van der Waals surface area contributed by atoms with Gasteiger partial charge in [-0.2, -0.15) is 0 Å². The summed E-state index contributed by atoms with van der Waals surface area (Å²) in [6.07, 6.45) is 0.359. The first-order valence-electron chi connectivity index (χ1n) is 5.89. The molecule has 9 heteroatoms. The van der Waals surface area contributed by atoms with Crippen LogP contribution in [0.5, 0.6) is 0 Å². The van der Waals surface area contributed by atoms with Gasteiger partial charge in [0.25, 0.3) is 9.05 Å². The third-order valence-corrected chi connectivity index (χ3v) is 5.92. The summed E-state index contributed by atoms with van der Waals surface area (Å²) in [5, 5.41) is 0. The van der Waals surface area contributed by atoms with Crippen molar-refractivity contribution in [2.75, 3.05) is 6.61 Å². The predicted octanol–water partition coefficient (Wildman–Crippen LogP) is 1.07. The molecule has 0 bridgehead atoms. The van der Waals surface area contributed by atoms with E-state index >= 15 is 0 Å². The maximum Gasteiger partial charge on any atom is 0.261 e. The molecule has 0 saturated carbocycles. The van der Waals surface area contributed by atoms with Gasteiger partial charge in [-0.25, -0.2) is 21.6 Å². The molecule has 112 valence electrons. The number of sulfonamides is 1. The highest BCUT2D eigenvalue weighted by Gasteiger charge is 2.29. The van der Waals surface area contributed by atoms with E-state index in [2.05, 4.69) is 4.72 Å². The van der Waals surface area contributed by atoms with E-state index in [0.29, 0.717) is 13.0 Å². The van der Waals surface area contributed by atoms with Crippen molar-refractivity contribution in [2.45, 2.75) is 35.3 Å². The minimum Gasteiger partial charge on any atom is -0.377 e. The Labute approximate surface area is 122 Å². The van der Waals surface area contributed by atoms with Crippen LogP contribution in [0.25, 0.3) is 0 Å². The monoisotopic (exact) mass is 339 g/mol. The lowest BCUT2D eigenvalue weighted by Gasteiger charge is -2.16. The van der Waals surface area contributed by atoms with Crippen LogP contribution in [0.2, 0.25) is 0 Å². The van der Waals surface area contributed by atoms with Crippen LogP contribution in [0.3, 0.4) is 0 Å². The van der Waals surface area contributed by atoms with Crippen molar-refractivity contribution < 1.29 is 21.6 Å². The first-order chi connectivity index (χ1) is 9.20. The highest BCUT2D eigenvalue weighted by molar-refractivity contribution is 8.13. The van der Waals surface area contributed by atoms with E-state index < -0.39 is 19.1 Å². The number of halogens is 1. The van der Waals surface area contributed by atoms with Crippen LogP contribution in [-0.2, 0) is 23.8 Å². The second-order valence-electron chi connectivity index (χ2n) is 4.51. The van der Waals surface area contributed by atoms with Crippen molar-refractivity contribution in [1.82, 2.24) is 4.72 Å². The van der Waals surface area contributed by atoms with E-state index in [-0.39, 0.29) is 21.9 Å². The van der Waals surface area contributed by atoms with Crippen molar-refractivity contribution in [3.63, 3.8) is 0 Å². The van der Waals surface area contributed by atoms with Crippen molar-refractivity contribution in [2.24, 2.45) is 0 Å². The van der Waals surface area contributed by atoms with E-state index in [1.165, 1.54) is 18.2 Å². The van der Waals surface area contributed by atoms with Gasteiger partial charge in [0.2, 0.25) is 10.0 Å². The van der Waals surface area contributed by atoms with E-state index in [4.69, 9.17) is 15.4 Å². The van der Waals surface area contributed by atoms with Crippen molar-refractivity contribution in [3.8, 4) is 0 Å². The topological polar surface area (TPSA) is 89.5 Å². The predicted molar refractivity (Wildman–Crippen MR) is 73.6 cm³/mol. The molecular formula is C11H14ClNO5S2. The highest BCUT2D eigenvalue weighted by atomic mass is 35.7. The van der Waals surface area contributed by atoms with Gasteiger partial charge in [0, 0.05) is 17.3 Å². The molecule has 1 aromatic rings. The summed E-state index contributed by atoms with van der Waals surface area (Å²) < 4.78 is 54.7. The molecule has 1 N–H and O–H groups in total. The molecule has 1 heterocycles. The molecule has 1 saturated heterocycles. The Hall–Kier alpha value is -0.670. The molecular weight excluding hydrogens is 326 g/mol. The lowest BCUT2D eigenvalue weighted by molar-refractivity contribution is 0.117. The number of benzene rings is 1. The molecule has 0 spiro atoms. The molecule has 2 unspecified atom stereocenters. The minimum atomic E-state index is -3.97. The van der Waals surface area contributed by atoms with Gasteiger partial charge in [-0.3, -0.25) is 0 Å². The number of hydrogen-bond acceptors (Lipinski definition) is 5. The number of rotatable bonds is 4. The average molecular weight is 340 g/mol. The quantitative estimate of drug-likeness (QED) is 0.829. The molecule has 0 aromatic heterocycles. The summed E-state index contributed by atoms with van der Waals surface area (Å²) in [5.74, 6) is 0. The maximum atomic E-state index is 12.2. The SMILES string of the molecule is CC1OCCC1NS(=O)(=O)c1cccc(S(=O)(=O)Cl)c1. The fourth-order valence-electron chi connectivity index (χ4n) is 1.95. The summed E-state index contributed by atoms with van der Waals surface area (Å²) in [6.45, 7) is 2.27. The Bertz CT molecular complexity index is 701. The first-order valence-corrected chi connectivity index (χ1v) is 9.68. The van der Waals surface area contributed by atoms with Gasteiger partial charge in [0.05, 0.1) is 21.9 Å². The van der Waals surface area contributed by atoms with Gasteiger partial charge >= 0.3 is 0 Å². The molecule has 2 rings (SSSR count). The second-order valence-corrected chi connectivity index (χ2v) is 8.78. The van der Waals surface area contributed by atoms with Crippen LogP contribution in [0.15, 0.2) is 34.1 Å². The largest absolute Gasteiger partial charge is 0.377 e. The Morgan fingerprint density at radius 3 is 2.45 bits per heavy atom. The van der Waals surface area contributed by atoms with Crippen LogP contribution in [0.1, 0.15) is 13.3 Å². The normalized spacial score (nSPS) is 23.9. The maximum absolute atomic E-state index is 12.2. The standard InChI is InChI=1S/C11H14ClNO5S2/c1-8-11(5-6-18-8)13-20(16,17)10-4-2-3-9(7-10)19(12,14)15/h2-4,7-8,11,13H,5-6H2,1H3. The summed E-state index contributed by atoms with van der Waals surface area (Å²) in [7, 11) is -2.57. The van der Waals surface area contributed by atoms with Gasteiger partial charge < -0.3 is 4.74 Å². The number of nitrogens with one attached hydrogen (secondary N) is 1. The molecule has 1 aliphatic heterocycles. The molecule has 0 amide bonds. The Balaban J connectivity index is 2.30. The van der Waals surface area contributed by atoms with Gasteiger partial charge in [-0.1, -0.05) is 6.07 Å². The minimum absolute atomic E-state index is 0.140. The third-order valence-electron chi connectivity index (χ3n) is 3.08. The first kappa shape index (κ1) is 15.7. The van der Waals surface area contributed by atoms with E-state index in [1.807, 2.05) is 0 Å². The average Bonchev–Trinajstić information content (AvgIpc) is 2.73. The lowest BCUT2D eigenvalue weighted by Crippen LogP contribution is -2.39. The smallest absolute Gasteiger partial charge is 0.261 e. The van der Waals surface area contributed by atoms with E-state index in [0.717, 1.165) is 6.07 Å². The molecule has 2 atom stereocenters. The molecule has 0 radical (unpaired) electrons. The zero-order chi connectivity index (χ0) is 15.0. The summed E-state index contributed by atoms with van der Waals surface area (Å²) in [4.78, 5) is -0.393. The Kier molecular flexibility index (Phi) is 4.41. The highest BCUT2D eigenvalue weighted by Crippen LogP contribution is 2.21. The Morgan fingerprint density at radius 2 is 1.90 bits per heavy atom. The zero-order valence-electron chi connectivity index (χ0n) is 10.6. The van der Waals surface area contributed by atoms with Crippen molar-refractivity contribution in [1.29, 1.82) is 0 Å². The fourth-order valence-corrected chi connectivity index (χ4v) is 4.20. The van der Waals surface area contributed by atoms with Crippen LogP contribution in [0, 0.1) is 0 Å². The lowest BCUT2D eigenvalue weighted by atomic mass is 10.2. The fraction of sp³-hybridized carbons (Fsp3) is 0.455. The second kappa shape index (κ2) is 5.61. The van der Waals surface area contributed by atoms with Crippen molar-refractivity contribution in [3.05, 3.63) is 24.3 Å². The van der Waals surface area contributed by atoms with Gasteiger partial charge in [0.15, 0.2) is 0 Å². The molecule has 20 heavy (non-hydrogen) atoms. The van der Waals surface area contributed by atoms with E-state index in [1.54, 1.807) is 6.92 Å². The van der Waals surface area contributed by atoms with Crippen LogP contribution < -0.4 is 4.72 Å². The van der Waals surface area contributed by atoms with Crippen LogP contribution in [-0.4, -0.2) is 35.6 Å². The number of ether oxygens (including phenoxy) is 1. The molecule has 6 nitrogen and oxygen atoms in total. The van der Waals surface area contributed by atoms with E-state index in [9.17, 15) is 16.8 Å². The summed E-state index contributed by atoms with van der Waals surface area (Å²) >= 11 is 0. The zero-order valence-corrected chi connectivity index (χ0v) is 13.0. The number of hydrogen-bond donors (Lipinski definition) is 1. The summed E-state index contributed by atoms with van der Waals surface area (Å²) in [6, 6.07) is 4.59. The van der Waals surface area contributed by atoms with Gasteiger partial charge in [0.1, 0.15) is 0 Å². The van der Waals surface area contributed by atoms with Gasteiger partial charge in [-0.15, -0.1) is 0 Å². The molecule has 0 aliphatic carbocycles. The molecule has 1 fully saturated rings. The third kappa shape index (κ3) is 3.50. The summed E-state index contributed by atoms with van der Waals surface area (Å²) in [5.41, 5.74) is 0. The van der Waals surface area contributed by atoms with Gasteiger partial charge in [-0.05, 0) is 31.5 Å². The van der Waals surface area contributed by atoms with Crippen LogP contribution in [0.4, 0.5) is 0 Å². The Morgan fingerprint density at radius 1 is 1.25 bits per heavy atom. The van der Waals surface area contributed by atoms with Crippen molar-refractivity contribution >= 4 is 29.8 Å².